The van der Waals surface area contributed by atoms with Crippen molar-refractivity contribution in [1.82, 2.24) is 0 Å². The zero-order valence-electron chi connectivity index (χ0n) is 9.92. The van der Waals surface area contributed by atoms with Gasteiger partial charge in [0.25, 0.3) is 0 Å². The van der Waals surface area contributed by atoms with Crippen LogP contribution in [0.25, 0.3) is 0 Å². The highest BCUT2D eigenvalue weighted by Gasteiger charge is 2.18. The lowest BCUT2D eigenvalue weighted by Gasteiger charge is -2.21. The SMILES string of the molecule is O=C(CC1CCCOC1)Nc1cccc(Cl)c1Cl. The van der Waals surface area contributed by atoms with Crippen molar-refractivity contribution < 1.29 is 9.53 Å². The molecule has 1 unspecified atom stereocenters. The van der Waals surface area contributed by atoms with Crippen molar-refractivity contribution in [2.24, 2.45) is 5.92 Å². The second-order valence-corrected chi connectivity index (χ2v) is 5.22. The third-order valence-corrected chi connectivity index (χ3v) is 3.77. The molecule has 1 atom stereocenters. The molecule has 1 heterocycles. The molecule has 1 amide bonds. The van der Waals surface area contributed by atoms with Crippen molar-refractivity contribution in [1.29, 1.82) is 0 Å². The summed E-state index contributed by atoms with van der Waals surface area (Å²) in [5.74, 6) is 0.256. The summed E-state index contributed by atoms with van der Waals surface area (Å²) in [6.45, 7) is 1.47. The Bertz CT molecular complexity index is 431. The van der Waals surface area contributed by atoms with Crippen LogP contribution in [0.2, 0.25) is 10.0 Å². The van der Waals surface area contributed by atoms with E-state index in [0.29, 0.717) is 34.7 Å². The number of amides is 1. The van der Waals surface area contributed by atoms with Gasteiger partial charge in [0.05, 0.1) is 15.7 Å². The van der Waals surface area contributed by atoms with Crippen LogP contribution in [0, 0.1) is 5.92 Å². The monoisotopic (exact) mass is 287 g/mol. The van der Waals surface area contributed by atoms with E-state index in [9.17, 15) is 4.79 Å². The maximum Gasteiger partial charge on any atom is 0.224 e. The fourth-order valence-electron chi connectivity index (χ4n) is 2.03. The molecule has 0 spiro atoms. The molecule has 0 bridgehead atoms. The zero-order chi connectivity index (χ0) is 13.0. The average Bonchev–Trinajstić information content (AvgIpc) is 2.36. The van der Waals surface area contributed by atoms with E-state index in [0.717, 1.165) is 19.4 Å². The number of nitrogens with one attached hydrogen (secondary N) is 1. The maximum atomic E-state index is 11.9. The molecule has 3 nitrogen and oxygen atoms in total. The zero-order valence-corrected chi connectivity index (χ0v) is 11.4. The van der Waals surface area contributed by atoms with E-state index in [1.165, 1.54) is 0 Å². The number of hydrogen-bond donors (Lipinski definition) is 1. The second-order valence-electron chi connectivity index (χ2n) is 4.44. The summed E-state index contributed by atoms with van der Waals surface area (Å²) >= 11 is 11.9. The van der Waals surface area contributed by atoms with Gasteiger partial charge in [0, 0.05) is 19.6 Å². The minimum Gasteiger partial charge on any atom is -0.381 e. The van der Waals surface area contributed by atoms with Crippen LogP contribution in [0.1, 0.15) is 19.3 Å². The summed E-state index contributed by atoms with van der Waals surface area (Å²) in [7, 11) is 0. The lowest BCUT2D eigenvalue weighted by Crippen LogP contribution is -2.23. The van der Waals surface area contributed by atoms with Crippen molar-refractivity contribution in [3.8, 4) is 0 Å². The number of halogens is 2. The van der Waals surface area contributed by atoms with Crippen molar-refractivity contribution in [3.63, 3.8) is 0 Å². The molecule has 1 N–H and O–H groups in total. The molecule has 98 valence electrons. The summed E-state index contributed by atoms with van der Waals surface area (Å²) in [4.78, 5) is 11.9. The first-order valence-corrected chi connectivity index (χ1v) is 6.74. The quantitative estimate of drug-likeness (QED) is 0.920. The average molecular weight is 288 g/mol. The number of hydrogen-bond acceptors (Lipinski definition) is 2. The molecule has 0 radical (unpaired) electrons. The van der Waals surface area contributed by atoms with Crippen LogP contribution < -0.4 is 5.32 Å². The third-order valence-electron chi connectivity index (χ3n) is 2.95. The predicted octanol–water partition coefficient (Wildman–Crippen LogP) is 3.75. The van der Waals surface area contributed by atoms with Crippen LogP contribution in [0.15, 0.2) is 18.2 Å². The van der Waals surface area contributed by atoms with Gasteiger partial charge in [-0.25, -0.2) is 0 Å². The Morgan fingerprint density at radius 2 is 2.28 bits per heavy atom. The molecule has 18 heavy (non-hydrogen) atoms. The Kier molecular flexibility index (Phi) is 4.87. The molecule has 1 aromatic carbocycles. The first-order valence-electron chi connectivity index (χ1n) is 5.98. The predicted molar refractivity (Wildman–Crippen MR) is 73.3 cm³/mol. The molecule has 1 aromatic rings. The smallest absolute Gasteiger partial charge is 0.224 e. The molecule has 0 saturated carbocycles. The first-order chi connectivity index (χ1) is 8.66. The summed E-state index contributed by atoms with van der Waals surface area (Å²) in [6, 6.07) is 5.19. The number of rotatable bonds is 3. The van der Waals surface area contributed by atoms with E-state index < -0.39 is 0 Å². The van der Waals surface area contributed by atoms with Crippen molar-refractivity contribution in [3.05, 3.63) is 28.2 Å². The van der Waals surface area contributed by atoms with Gasteiger partial charge in [-0.05, 0) is 30.9 Å². The Hall–Kier alpha value is -0.770. The number of ether oxygens (including phenoxy) is 1. The van der Waals surface area contributed by atoms with Gasteiger partial charge in [-0.1, -0.05) is 29.3 Å². The Morgan fingerprint density at radius 3 is 3.00 bits per heavy atom. The molecule has 5 heteroatoms. The lowest BCUT2D eigenvalue weighted by molar-refractivity contribution is -0.118. The van der Waals surface area contributed by atoms with E-state index in [1.807, 2.05) is 0 Å². The van der Waals surface area contributed by atoms with E-state index in [4.69, 9.17) is 27.9 Å². The van der Waals surface area contributed by atoms with Crippen molar-refractivity contribution in [2.75, 3.05) is 18.5 Å². The van der Waals surface area contributed by atoms with Crippen LogP contribution >= 0.6 is 23.2 Å². The highest BCUT2D eigenvalue weighted by molar-refractivity contribution is 6.43. The van der Waals surface area contributed by atoms with Gasteiger partial charge in [-0.3, -0.25) is 4.79 Å². The Labute approximate surface area is 116 Å². The van der Waals surface area contributed by atoms with Crippen molar-refractivity contribution >= 4 is 34.8 Å². The highest BCUT2D eigenvalue weighted by atomic mass is 35.5. The van der Waals surface area contributed by atoms with E-state index in [-0.39, 0.29) is 5.91 Å². The van der Waals surface area contributed by atoms with Gasteiger partial charge in [0.1, 0.15) is 0 Å². The van der Waals surface area contributed by atoms with Gasteiger partial charge in [0.15, 0.2) is 0 Å². The largest absolute Gasteiger partial charge is 0.381 e. The normalized spacial score (nSPS) is 19.6. The molecular weight excluding hydrogens is 273 g/mol. The topological polar surface area (TPSA) is 38.3 Å². The number of carbonyl (C=O) groups excluding carboxylic acids is 1. The highest BCUT2D eigenvalue weighted by Crippen LogP contribution is 2.30. The third kappa shape index (κ3) is 3.61. The number of benzene rings is 1. The van der Waals surface area contributed by atoms with Gasteiger partial charge >= 0.3 is 0 Å². The van der Waals surface area contributed by atoms with E-state index in [2.05, 4.69) is 5.32 Å². The summed E-state index contributed by atoms with van der Waals surface area (Å²) < 4.78 is 5.35. The molecular formula is C13H15Cl2NO2. The Morgan fingerprint density at radius 1 is 1.44 bits per heavy atom. The van der Waals surface area contributed by atoms with E-state index in [1.54, 1.807) is 18.2 Å². The minimum absolute atomic E-state index is 0.0466. The maximum absolute atomic E-state index is 11.9. The Balaban J connectivity index is 1.92. The van der Waals surface area contributed by atoms with Gasteiger partial charge < -0.3 is 10.1 Å². The van der Waals surface area contributed by atoms with Crippen LogP contribution in [0.5, 0.6) is 0 Å². The number of carbonyl (C=O) groups is 1. The molecule has 2 rings (SSSR count). The fourth-order valence-corrected chi connectivity index (χ4v) is 2.38. The number of anilines is 1. The molecule has 1 aliphatic heterocycles. The summed E-state index contributed by atoms with van der Waals surface area (Å²) in [6.07, 6.45) is 2.52. The molecule has 0 aliphatic carbocycles. The molecule has 0 aromatic heterocycles. The molecule has 1 aliphatic rings. The van der Waals surface area contributed by atoms with Gasteiger partial charge in [0.2, 0.25) is 5.91 Å². The van der Waals surface area contributed by atoms with Crippen LogP contribution in [-0.4, -0.2) is 19.1 Å². The lowest BCUT2D eigenvalue weighted by atomic mass is 9.98. The molecule has 1 fully saturated rings. The minimum atomic E-state index is -0.0466. The summed E-state index contributed by atoms with van der Waals surface area (Å²) in [5, 5.41) is 3.61. The van der Waals surface area contributed by atoms with Crippen molar-refractivity contribution in [2.45, 2.75) is 19.3 Å². The fraction of sp³-hybridized carbons (Fsp3) is 0.462. The first kappa shape index (κ1) is 13.7. The van der Waals surface area contributed by atoms with Crippen LogP contribution in [0.3, 0.4) is 0 Å². The second kappa shape index (κ2) is 6.41. The van der Waals surface area contributed by atoms with Gasteiger partial charge in [-0.15, -0.1) is 0 Å². The van der Waals surface area contributed by atoms with Crippen LogP contribution in [0.4, 0.5) is 5.69 Å². The van der Waals surface area contributed by atoms with Crippen LogP contribution in [-0.2, 0) is 9.53 Å². The molecule has 1 saturated heterocycles. The summed E-state index contributed by atoms with van der Waals surface area (Å²) in [5.41, 5.74) is 0.561. The standard InChI is InChI=1S/C13H15Cl2NO2/c14-10-4-1-5-11(13(10)15)16-12(17)7-9-3-2-6-18-8-9/h1,4-5,9H,2-3,6-8H2,(H,16,17). The van der Waals surface area contributed by atoms with E-state index >= 15 is 0 Å². The van der Waals surface area contributed by atoms with Gasteiger partial charge in [-0.2, -0.15) is 0 Å².